The Morgan fingerprint density at radius 3 is 2.30 bits per heavy atom. The summed E-state index contributed by atoms with van der Waals surface area (Å²) in [6.07, 6.45) is 0. The average Bonchev–Trinajstić information content (AvgIpc) is 2.72. The van der Waals surface area contributed by atoms with Crippen molar-refractivity contribution in [3.63, 3.8) is 0 Å². The molecule has 1 N–H and O–H groups in total. The van der Waals surface area contributed by atoms with E-state index in [0.29, 0.717) is 16.3 Å². The van der Waals surface area contributed by atoms with E-state index in [1.165, 1.54) is 24.8 Å². The van der Waals surface area contributed by atoms with Crippen LogP contribution in [-0.2, 0) is 16.6 Å². The van der Waals surface area contributed by atoms with E-state index >= 15 is 0 Å². The molecule has 1 heterocycles. The van der Waals surface area contributed by atoms with Crippen molar-refractivity contribution in [1.29, 1.82) is 0 Å². The van der Waals surface area contributed by atoms with Crippen molar-refractivity contribution in [2.75, 3.05) is 14.1 Å². The van der Waals surface area contributed by atoms with Crippen molar-refractivity contribution in [1.82, 2.24) is 19.4 Å². The second-order valence-electron chi connectivity index (χ2n) is 7.32. The van der Waals surface area contributed by atoms with Crippen LogP contribution in [0, 0.1) is 0 Å². The molecule has 1 amide bonds. The Kier molecular flexibility index (Phi) is 6.04. The lowest BCUT2D eigenvalue weighted by atomic mass is 10.1. The number of benzene rings is 2. The minimum absolute atomic E-state index is 0.00110. The molecule has 1 aromatic heterocycles. The van der Waals surface area contributed by atoms with Gasteiger partial charge in [0.15, 0.2) is 5.69 Å². The zero-order valence-corrected chi connectivity index (χ0v) is 18.1. The predicted octanol–water partition coefficient (Wildman–Crippen LogP) is 2.16. The summed E-state index contributed by atoms with van der Waals surface area (Å²) in [6.45, 7) is 3.62. The Morgan fingerprint density at radius 2 is 1.67 bits per heavy atom. The first kappa shape index (κ1) is 21.7. The van der Waals surface area contributed by atoms with Gasteiger partial charge in [-0.3, -0.25) is 9.59 Å². The van der Waals surface area contributed by atoms with Crippen LogP contribution in [0.2, 0.25) is 0 Å². The molecule has 0 aliphatic heterocycles. The summed E-state index contributed by atoms with van der Waals surface area (Å²) >= 11 is 0. The molecule has 8 nitrogen and oxygen atoms in total. The summed E-state index contributed by atoms with van der Waals surface area (Å²) < 4.78 is 27.5. The van der Waals surface area contributed by atoms with E-state index < -0.39 is 15.9 Å². The lowest BCUT2D eigenvalue weighted by molar-refractivity contribution is 0.0944. The normalized spacial score (nSPS) is 11.9. The Bertz CT molecular complexity index is 1260. The number of carbonyl (C=O) groups is 1. The maximum absolute atomic E-state index is 13.0. The molecule has 9 heteroatoms. The van der Waals surface area contributed by atoms with Crippen molar-refractivity contribution >= 4 is 26.7 Å². The number of nitrogens with one attached hydrogen (secondary N) is 1. The molecule has 0 bridgehead atoms. The molecule has 30 heavy (non-hydrogen) atoms. The molecule has 0 radical (unpaired) electrons. The molecule has 0 spiro atoms. The highest BCUT2D eigenvalue weighted by atomic mass is 32.2. The van der Waals surface area contributed by atoms with Gasteiger partial charge in [-0.25, -0.2) is 17.4 Å². The lowest BCUT2D eigenvalue weighted by Crippen LogP contribution is -2.32. The molecule has 3 aromatic rings. The fraction of sp³-hybridized carbons (Fsp3) is 0.286. The minimum atomic E-state index is -3.66. The SMILES string of the molecule is CC(C)n1nc(C(=O)NCc2ccccc2S(=O)(=O)N(C)C)c2ccccc2c1=O. The van der Waals surface area contributed by atoms with Crippen LogP contribution in [0.1, 0.15) is 35.9 Å². The van der Waals surface area contributed by atoms with Gasteiger partial charge in [0.1, 0.15) is 0 Å². The van der Waals surface area contributed by atoms with E-state index in [9.17, 15) is 18.0 Å². The second kappa shape index (κ2) is 8.37. The average molecular weight is 429 g/mol. The molecule has 0 saturated heterocycles. The van der Waals surface area contributed by atoms with Crippen LogP contribution in [0.25, 0.3) is 10.8 Å². The maximum Gasteiger partial charge on any atom is 0.274 e. The second-order valence-corrected chi connectivity index (χ2v) is 9.44. The third kappa shape index (κ3) is 3.99. The Hall–Kier alpha value is -3.04. The van der Waals surface area contributed by atoms with Gasteiger partial charge in [-0.05, 0) is 31.5 Å². The number of aromatic nitrogens is 2. The first-order chi connectivity index (χ1) is 14.1. The molecule has 0 aliphatic carbocycles. The van der Waals surface area contributed by atoms with Crippen LogP contribution in [0.4, 0.5) is 0 Å². The highest BCUT2D eigenvalue weighted by molar-refractivity contribution is 7.89. The monoisotopic (exact) mass is 428 g/mol. The van der Waals surface area contributed by atoms with Gasteiger partial charge >= 0.3 is 0 Å². The van der Waals surface area contributed by atoms with Gasteiger partial charge in [-0.1, -0.05) is 36.4 Å². The lowest BCUT2D eigenvalue weighted by Gasteiger charge is -2.16. The topological polar surface area (TPSA) is 101 Å². The minimum Gasteiger partial charge on any atom is -0.346 e. The highest BCUT2D eigenvalue weighted by Crippen LogP contribution is 2.19. The molecule has 2 aromatic carbocycles. The third-order valence-electron chi connectivity index (χ3n) is 4.70. The zero-order valence-electron chi connectivity index (χ0n) is 17.3. The highest BCUT2D eigenvalue weighted by Gasteiger charge is 2.22. The van der Waals surface area contributed by atoms with Crippen LogP contribution >= 0.6 is 0 Å². The van der Waals surface area contributed by atoms with Crippen LogP contribution < -0.4 is 10.9 Å². The number of fused-ring (bicyclic) bond motifs is 1. The van der Waals surface area contributed by atoms with Crippen molar-refractivity contribution in [2.24, 2.45) is 0 Å². The molecule has 0 fully saturated rings. The van der Waals surface area contributed by atoms with Gasteiger partial charge in [0.2, 0.25) is 10.0 Å². The van der Waals surface area contributed by atoms with Gasteiger partial charge in [0.05, 0.1) is 16.3 Å². The number of carbonyl (C=O) groups excluding carboxylic acids is 1. The Morgan fingerprint density at radius 1 is 1.07 bits per heavy atom. The van der Waals surface area contributed by atoms with Crippen LogP contribution in [0.5, 0.6) is 0 Å². The van der Waals surface area contributed by atoms with Crippen molar-refractivity contribution < 1.29 is 13.2 Å². The first-order valence-corrected chi connectivity index (χ1v) is 10.9. The number of rotatable bonds is 6. The van der Waals surface area contributed by atoms with Crippen molar-refractivity contribution in [2.45, 2.75) is 31.3 Å². The van der Waals surface area contributed by atoms with Gasteiger partial charge in [0, 0.05) is 26.0 Å². The van der Waals surface area contributed by atoms with Gasteiger partial charge in [-0.15, -0.1) is 0 Å². The number of sulfonamides is 1. The summed E-state index contributed by atoms with van der Waals surface area (Å²) in [4.78, 5) is 25.7. The number of hydrogen-bond acceptors (Lipinski definition) is 5. The molecule has 3 rings (SSSR count). The van der Waals surface area contributed by atoms with Crippen LogP contribution in [0.3, 0.4) is 0 Å². The van der Waals surface area contributed by atoms with E-state index in [1.54, 1.807) is 42.5 Å². The first-order valence-electron chi connectivity index (χ1n) is 9.44. The van der Waals surface area contributed by atoms with Crippen LogP contribution in [-0.4, -0.2) is 42.5 Å². The number of amides is 1. The molecular formula is C21H24N4O4S. The van der Waals surface area contributed by atoms with E-state index in [1.807, 2.05) is 13.8 Å². The van der Waals surface area contributed by atoms with Crippen molar-refractivity contribution in [3.05, 3.63) is 70.1 Å². The fourth-order valence-electron chi connectivity index (χ4n) is 3.08. The Balaban J connectivity index is 1.99. The van der Waals surface area contributed by atoms with Gasteiger partial charge in [-0.2, -0.15) is 5.10 Å². The van der Waals surface area contributed by atoms with E-state index in [2.05, 4.69) is 10.4 Å². The number of hydrogen-bond donors (Lipinski definition) is 1. The molecule has 158 valence electrons. The zero-order chi connectivity index (χ0) is 22.1. The maximum atomic E-state index is 13.0. The quantitative estimate of drug-likeness (QED) is 0.648. The summed E-state index contributed by atoms with van der Waals surface area (Å²) in [5.41, 5.74) is 0.312. The molecular weight excluding hydrogens is 404 g/mol. The molecule has 0 saturated carbocycles. The summed E-state index contributed by atoms with van der Waals surface area (Å²) in [5, 5.41) is 7.88. The van der Waals surface area contributed by atoms with Crippen molar-refractivity contribution in [3.8, 4) is 0 Å². The number of nitrogens with zero attached hydrogens (tertiary/aromatic N) is 3. The van der Waals surface area contributed by atoms with E-state index in [0.717, 1.165) is 4.31 Å². The van der Waals surface area contributed by atoms with E-state index in [4.69, 9.17) is 0 Å². The summed E-state index contributed by atoms with van der Waals surface area (Å²) in [7, 11) is -0.749. The molecule has 0 aliphatic rings. The predicted molar refractivity (Wildman–Crippen MR) is 115 cm³/mol. The van der Waals surface area contributed by atoms with E-state index in [-0.39, 0.29) is 28.7 Å². The van der Waals surface area contributed by atoms with Gasteiger partial charge in [0.25, 0.3) is 11.5 Å². The van der Waals surface area contributed by atoms with Crippen LogP contribution in [0.15, 0.2) is 58.2 Å². The fourth-order valence-corrected chi connectivity index (χ4v) is 4.20. The largest absolute Gasteiger partial charge is 0.346 e. The smallest absolute Gasteiger partial charge is 0.274 e. The summed E-state index contributed by atoms with van der Waals surface area (Å²) in [6, 6.07) is 13.1. The Labute approximate surface area is 175 Å². The summed E-state index contributed by atoms with van der Waals surface area (Å²) in [5.74, 6) is -0.488. The van der Waals surface area contributed by atoms with Gasteiger partial charge < -0.3 is 5.32 Å². The molecule has 0 unspecified atom stereocenters. The standard InChI is InChI=1S/C21H24N4O4S/c1-14(2)25-21(27)17-11-7-6-10-16(17)19(23-25)20(26)22-13-15-9-5-8-12-18(15)30(28,29)24(3)4/h5-12,14H,13H2,1-4H3,(H,22,26). The third-order valence-corrected chi connectivity index (χ3v) is 6.62. The molecule has 0 atom stereocenters.